The molecule has 0 bridgehead atoms. The van der Waals surface area contributed by atoms with E-state index in [2.05, 4.69) is 179 Å². The van der Waals surface area contributed by atoms with E-state index in [0.717, 1.165) is 38.6 Å². The minimum absolute atomic E-state index is 0.129. The van der Waals surface area contributed by atoms with Crippen molar-refractivity contribution >= 4 is 37.6 Å². The fourth-order valence-electron chi connectivity index (χ4n) is 20.4. The summed E-state index contributed by atoms with van der Waals surface area (Å²) in [5.41, 5.74) is 30.9. The number of nitrogens with one attached hydrogen (secondary N) is 11. The monoisotopic (exact) mass is 2010 g/mol. The van der Waals surface area contributed by atoms with Gasteiger partial charge in [0.1, 0.15) is 31.7 Å². The lowest BCUT2D eigenvalue weighted by atomic mass is 9.77. The van der Waals surface area contributed by atoms with E-state index >= 15 is 0 Å². The van der Waals surface area contributed by atoms with Crippen LogP contribution in [0.25, 0.3) is 0 Å². The summed E-state index contributed by atoms with van der Waals surface area (Å²) < 4.78 is 0. The highest BCUT2D eigenvalue weighted by Crippen LogP contribution is 2.34. The Labute approximate surface area is 883 Å². The third kappa shape index (κ3) is 86.4. The topological polar surface area (TPSA) is 248 Å². The number of carbonyl (C=O) groups is 1. The number of amides is 1. The van der Waals surface area contributed by atoms with Crippen molar-refractivity contribution in [3.05, 3.63) is 0 Å². The first-order chi connectivity index (χ1) is 69.7. The molecule has 3 unspecified atom stereocenters. The number of nitrogens with zero attached hydrogens (tertiary/aromatic N) is 10. The maximum atomic E-state index is 11.9. The third-order valence-corrected chi connectivity index (χ3v) is 31.2. The van der Waals surface area contributed by atoms with E-state index < -0.39 is 0 Å². The first kappa shape index (κ1) is 138. The molecular weight excluding hydrogens is 1760 g/mol. The van der Waals surface area contributed by atoms with Crippen LogP contribution in [0.2, 0.25) is 0 Å². The second-order valence-electron chi connectivity index (χ2n) is 44.5. The Bertz CT molecular complexity index is 2670. The Kier molecular flexibility index (Phi) is 104. The highest BCUT2D eigenvalue weighted by molar-refractivity contribution is 5.81. The van der Waals surface area contributed by atoms with Gasteiger partial charge in [0.25, 0.3) is 0 Å². The summed E-state index contributed by atoms with van der Waals surface area (Å²) in [5, 5.41) is 39.1. The zero-order valence-corrected chi connectivity index (χ0v) is 97.3. The molecule has 0 saturated heterocycles. The van der Waals surface area contributed by atoms with Crippen LogP contribution in [0.5, 0.6) is 0 Å². The van der Waals surface area contributed by atoms with E-state index in [1.165, 1.54) is 565 Å². The number of hydrazine groups is 10. The fourth-order valence-corrected chi connectivity index (χ4v) is 20.4. The van der Waals surface area contributed by atoms with Crippen molar-refractivity contribution in [1.29, 1.82) is 0 Å². The van der Waals surface area contributed by atoms with Crippen molar-refractivity contribution in [2.75, 3.05) is 6.54 Å². The van der Waals surface area contributed by atoms with Crippen molar-refractivity contribution in [1.82, 2.24) is 85.9 Å². The number of hydroxylamine groups is 1. The molecule has 1 amide bonds. The maximum absolute atomic E-state index is 11.9. The van der Waals surface area contributed by atoms with Crippen LogP contribution in [0, 0.1) is 5.41 Å². The molecule has 0 aromatic carbocycles. The zero-order chi connectivity index (χ0) is 103. The van der Waals surface area contributed by atoms with E-state index in [-0.39, 0.29) is 22.4 Å². The van der Waals surface area contributed by atoms with Gasteiger partial charge in [-0.05, 0) is 91.9 Å². The average molecular weight is 2010 g/mol. The van der Waals surface area contributed by atoms with Gasteiger partial charge in [-0.25, -0.2) is 33.2 Å². The van der Waals surface area contributed by atoms with E-state index in [9.17, 15) is 4.79 Å². The van der Waals surface area contributed by atoms with Crippen LogP contribution in [-0.2, 0) is 4.79 Å². The molecule has 0 saturated carbocycles. The Hall–Kier alpha value is -4.42. The number of hydrogen-bond acceptors (Lipinski definition) is 22. The fraction of sp³-hybridized carbons (Fsp3) is 0.950. The van der Waals surface area contributed by atoms with Crippen molar-refractivity contribution in [2.24, 2.45) is 30.9 Å². The largest absolute Gasteiger partial charge is 0.289 e. The van der Waals surface area contributed by atoms with Crippen LogP contribution >= 0.6 is 0 Å². The molecule has 12 N–H and O–H groups in total. The lowest BCUT2D eigenvalue weighted by Crippen LogP contribution is -2.52. The summed E-state index contributed by atoms with van der Waals surface area (Å²) >= 11 is 0. The zero-order valence-electron chi connectivity index (χ0n) is 97.3. The van der Waals surface area contributed by atoms with Gasteiger partial charge in [-0.1, -0.05) is 602 Å². The van der Waals surface area contributed by atoms with Crippen LogP contribution in [0.4, 0.5) is 0 Å². The molecule has 5 heterocycles. The Morgan fingerprint density at radius 3 is 0.775 bits per heavy atom. The standard InChI is InChI=1S/C21H44N4.C21H43NO2.2C20H42N4.C19H40N4.C18H38N4/c1-4-6-7-8-9-10-11-12-13-14-15-16-17-18-19-21(3,5-2)25-20-22-23-24-25;1-4-7-8-9-10-11-12-13-14-15-16-17-18-19-21(5-2,6-3)20(23)22-24;1-4-5-6-7-8-9-10-11-12-13-14-15-16-17-18-20(2,3)24-19-21-22-23-24;1-3-5-6-7-8-9-10-11-12-13-14-15-16-17-18-20(4-2)24-19-21-22-23-24;1-3-4-5-6-7-8-9-10-11-12-13-14-15-16-17-19(2)23-18-20-21-22-23;1-2-3-4-5-6-7-8-9-10-11-12-13-14-15-16-17-22-18-19-20-21-22/h20,23-24H,4-19H2,1-3H3;24H,4-19H2,1-3H3,(H,22,23);19,22-23H,4-18H2,1-3H3;19-20,22-23H,3-18H2,1-2H3;18-19,21-22H,3-17H2,1-2H3;18,20-21H,2-17H2,1H3. The predicted molar refractivity (Wildman–Crippen MR) is 622 cm³/mol. The number of unbranched alkanes of at least 4 members (excludes halogenated alkanes) is 78. The molecule has 23 heteroatoms. The SMILES string of the molecule is CCCCCCCCCCCCCCCC(CC)(CC)C(=O)NO.CCCCCCCCCCCCCCCCC(C)(C)N1C=NNN1.CCCCCCCCCCCCCCCCC(C)(CC)N1C=NNN1.CCCCCCCCCCCCCCCCC(C)N1C=NNN1.CCCCCCCCCCCCCCCCC(CC)N1C=NNN1.CCCCCCCCCCCCCCCCCN1C=NNN1. The Morgan fingerprint density at radius 2 is 0.514 bits per heavy atom. The van der Waals surface area contributed by atoms with Gasteiger partial charge in [0.2, 0.25) is 5.91 Å². The quantitative estimate of drug-likeness (QED) is 0.0154. The predicted octanol–water partition coefficient (Wildman–Crippen LogP) is 35.5. The van der Waals surface area contributed by atoms with E-state index in [0.29, 0.717) is 12.1 Å². The first-order valence-corrected chi connectivity index (χ1v) is 62.8. The van der Waals surface area contributed by atoms with Gasteiger partial charge in [-0.2, -0.15) is 25.5 Å². The number of carbonyl (C=O) groups excluding carboxylic acids is 1. The van der Waals surface area contributed by atoms with Crippen LogP contribution in [0.15, 0.2) is 25.5 Å². The average Bonchev–Trinajstić information content (AvgIpc) is 1.84. The van der Waals surface area contributed by atoms with Gasteiger partial charge in [0, 0.05) is 18.6 Å². The lowest BCUT2D eigenvalue weighted by molar-refractivity contribution is -0.141. The number of hydrazone groups is 5. The van der Waals surface area contributed by atoms with E-state index in [1.807, 2.05) is 61.0 Å². The highest BCUT2D eigenvalue weighted by Gasteiger charge is 2.34. The third-order valence-electron chi connectivity index (χ3n) is 31.2. The van der Waals surface area contributed by atoms with Crippen molar-refractivity contribution in [3.63, 3.8) is 0 Å². The minimum Gasteiger partial charge on any atom is -0.289 e. The lowest BCUT2D eigenvalue weighted by Gasteiger charge is -2.36. The van der Waals surface area contributed by atoms with Gasteiger partial charge in [-0.3, -0.25) is 35.0 Å². The van der Waals surface area contributed by atoms with Gasteiger partial charge in [-0.15, -0.1) is 27.7 Å². The molecular formula is C119H249N21O2. The molecule has 0 fully saturated rings. The van der Waals surface area contributed by atoms with E-state index in [4.69, 9.17) is 5.21 Å². The number of hydrogen-bond donors (Lipinski definition) is 12. The molecule has 0 spiro atoms. The molecule has 5 aliphatic rings. The van der Waals surface area contributed by atoms with Crippen LogP contribution in [0.1, 0.15) is 694 Å². The summed E-state index contributed by atoms with van der Waals surface area (Å²) in [4.78, 5) is 11.9. The van der Waals surface area contributed by atoms with Crippen molar-refractivity contribution in [3.8, 4) is 0 Å². The Morgan fingerprint density at radius 1 is 0.268 bits per heavy atom. The highest BCUT2D eigenvalue weighted by atomic mass is 16.5. The van der Waals surface area contributed by atoms with Crippen LogP contribution in [-0.4, -0.2) is 97.6 Å². The number of rotatable bonds is 99. The molecule has 5 aliphatic heterocycles. The summed E-state index contributed by atoms with van der Waals surface area (Å²) in [6, 6.07) is 1.09. The smallest absolute Gasteiger partial charge is 0.249 e. The van der Waals surface area contributed by atoms with Gasteiger partial charge < -0.3 is 0 Å². The first-order valence-electron chi connectivity index (χ1n) is 62.8. The summed E-state index contributed by atoms with van der Waals surface area (Å²) in [5.74, 6) is -0.202. The minimum atomic E-state index is -0.369. The van der Waals surface area contributed by atoms with E-state index in [1.54, 1.807) is 0 Å². The molecule has 0 aliphatic carbocycles. The van der Waals surface area contributed by atoms with Gasteiger partial charge >= 0.3 is 0 Å². The van der Waals surface area contributed by atoms with Crippen LogP contribution in [0.3, 0.4) is 0 Å². The van der Waals surface area contributed by atoms with Gasteiger partial charge in [0.15, 0.2) is 0 Å². The second-order valence-corrected chi connectivity index (χ2v) is 44.5. The molecule has 842 valence electrons. The Balaban J connectivity index is 0.00000168. The normalized spacial score (nSPS) is 14.4. The molecule has 0 aromatic rings. The molecule has 0 radical (unpaired) electrons. The second kappa shape index (κ2) is 108. The summed E-state index contributed by atoms with van der Waals surface area (Å²) in [6.07, 6.45) is 137. The maximum Gasteiger partial charge on any atom is 0.249 e. The van der Waals surface area contributed by atoms with Crippen molar-refractivity contribution in [2.45, 2.75) is 717 Å². The molecule has 142 heavy (non-hydrogen) atoms. The summed E-state index contributed by atoms with van der Waals surface area (Å²) in [6.45, 7) is 32.5. The van der Waals surface area contributed by atoms with Crippen LogP contribution < -0.4 is 60.8 Å². The molecule has 5 rings (SSSR count). The molecule has 23 nitrogen and oxygen atoms in total. The molecule has 3 atom stereocenters. The van der Waals surface area contributed by atoms with Gasteiger partial charge in [0.05, 0.1) is 16.5 Å². The molecule has 0 aromatic heterocycles. The summed E-state index contributed by atoms with van der Waals surface area (Å²) in [7, 11) is 0. The van der Waals surface area contributed by atoms with Crippen molar-refractivity contribution < 1.29 is 10.0 Å².